The van der Waals surface area contributed by atoms with Gasteiger partial charge in [0.15, 0.2) is 0 Å². The van der Waals surface area contributed by atoms with E-state index in [0.29, 0.717) is 19.6 Å². The van der Waals surface area contributed by atoms with Crippen molar-refractivity contribution in [2.24, 2.45) is 0 Å². The second kappa shape index (κ2) is 5.46. The highest BCUT2D eigenvalue weighted by molar-refractivity contribution is 7.09. The minimum Gasteiger partial charge on any atom is -0.368 e. The third-order valence-electron chi connectivity index (χ3n) is 3.25. The molecule has 0 aliphatic carbocycles. The average Bonchev–Trinajstić information content (AvgIpc) is 2.97. The fraction of sp³-hybridized carbons (Fsp3) is 0.308. The largest absolute Gasteiger partial charge is 0.368 e. The molecule has 0 saturated carbocycles. The van der Waals surface area contributed by atoms with Crippen molar-refractivity contribution in [2.75, 3.05) is 12.3 Å². The SMILES string of the molecule is Nc1ncc2c(n1)CN(C(=O)NCc1cccs1)CC2. The van der Waals surface area contributed by atoms with E-state index < -0.39 is 0 Å². The lowest BCUT2D eigenvalue weighted by atomic mass is 10.1. The number of anilines is 1. The first-order valence-electron chi connectivity index (χ1n) is 6.38. The maximum Gasteiger partial charge on any atom is 0.318 e. The number of nitrogens with two attached hydrogens (primary N) is 1. The first kappa shape index (κ1) is 12.9. The number of nitrogen functional groups attached to an aromatic ring is 1. The van der Waals surface area contributed by atoms with Gasteiger partial charge in [0.05, 0.1) is 18.8 Å². The Hall–Kier alpha value is -2.15. The van der Waals surface area contributed by atoms with Crippen LogP contribution in [-0.2, 0) is 19.5 Å². The summed E-state index contributed by atoms with van der Waals surface area (Å²) in [5.74, 6) is 0.254. The lowest BCUT2D eigenvalue weighted by Crippen LogP contribution is -2.42. The van der Waals surface area contributed by atoms with E-state index in [2.05, 4.69) is 15.3 Å². The van der Waals surface area contributed by atoms with Gasteiger partial charge < -0.3 is 16.0 Å². The van der Waals surface area contributed by atoms with E-state index in [1.807, 2.05) is 17.5 Å². The third-order valence-corrected chi connectivity index (χ3v) is 4.12. The highest BCUT2D eigenvalue weighted by Gasteiger charge is 2.22. The molecule has 3 rings (SSSR count). The Morgan fingerprint density at radius 1 is 1.55 bits per heavy atom. The van der Waals surface area contributed by atoms with Gasteiger partial charge in [0.25, 0.3) is 0 Å². The van der Waals surface area contributed by atoms with E-state index in [0.717, 1.165) is 22.6 Å². The van der Waals surface area contributed by atoms with Crippen molar-refractivity contribution in [3.05, 3.63) is 39.8 Å². The number of hydrogen-bond donors (Lipinski definition) is 2. The number of amides is 2. The van der Waals surface area contributed by atoms with E-state index in [1.54, 1.807) is 22.4 Å². The molecule has 7 heteroatoms. The number of thiophene rings is 1. The number of fused-ring (bicyclic) bond motifs is 1. The first-order valence-corrected chi connectivity index (χ1v) is 7.26. The van der Waals surface area contributed by atoms with Crippen molar-refractivity contribution in [3.8, 4) is 0 Å². The summed E-state index contributed by atoms with van der Waals surface area (Å²) in [6.45, 7) is 1.72. The van der Waals surface area contributed by atoms with Gasteiger partial charge in [-0.3, -0.25) is 0 Å². The Kier molecular flexibility index (Phi) is 3.51. The Labute approximate surface area is 120 Å². The van der Waals surface area contributed by atoms with Gasteiger partial charge in [-0.1, -0.05) is 6.07 Å². The van der Waals surface area contributed by atoms with Gasteiger partial charge in [-0.05, 0) is 23.4 Å². The van der Waals surface area contributed by atoms with E-state index >= 15 is 0 Å². The number of rotatable bonds is 2. The standard InChI is InChI=1S/C13H15N5OS/c14-12-15-6-9-3-4-18(8-11(9)17-12)13(19)16-7-10-2-1-5-20-10/h1-2,5-6H,3-4,7-8H2,(H,16,19)(H2,14,15,17). The molecule has 1 aliphatic heterocycles. The van der Waals surface area contributed by atoms with Crippen LogP contribution in [0.3, 0.4) is 0 Å². The van der Waals surface area contributed by atoms with Crippen LogP contribution in [0.2, 0.25) is 0 Å². The minimum absolute atomic E-state index is 0.0683. The summed E-state index contributed by atoms with van der Waals surface area (Å²) in [4.78, 5) is 23.2. The van der Waals surface area contributed by atoms with Gasteiger partial charge in [-0.15, -0.1) is 11.3 Å². The van der Waals surface area contributed by atoms with Crippen molar-refractivity contribution in [1.29, 1.82) is 0 Å². The molecule has 6 nitrogen and oxygen atoms in total. The zero-order chi connectivity index (χ0) is 13.9. The zero-order valence-corrected chi connectivity index (χ0v) is 11.7. The maximum atomic E-state index is 12.1. The zero-order valence-electron chi connectivity index (χ0n) is 10.9. The van der Waals surface area contributed by atoms with Gasteiger partial charge in [-0.25, -0.2) is 14.8 Å². The highest BCUT2D eigenvalue weighted by atomic mass is 32.1. The smallest absolute Gasteiger partial charge is 0.318 e. The van der Waals surface area contributed by atoms with Gasteiger partial charge in [0.2, 0.25) is 5.95 Å². The Bertz CT molecular complexity index is 613. The summed E-state index contributed by atoms with van der Waals surface area (Å²) in [5, 5.41) is 4.92. The Morgan fingerprint density at radius 2 is 2.45 bits per heavy atom. The van der Waals surface area contributed by atoms with Crippen LogP contribution in [-0.4, -0.2) is 27.4 Å². The molecule has 0 atom stereocenters. The molecule has 0 unspecified atom stereocenters. The Morgan fingerprint density at radius 3 is 3.25 bits per heavy atom. The minimum atomic E-state index is -0.0683. The molecule has 20 heavy (non-hydrogen) atoms. The van der Waals surface area contributed by atoms with E-state index in [4.69, 9.17) is 5.73 Å². The lowest BCUT2D eigenvalue weighted by molar-refractivity contribution is 0.191. The van der Waals surface area contributed by atoms with Crippen molar-refractivity contribution in [3.63, 3.8) is 0 Å². The summed E-state index contributed by atoms with van der Waals surface area (Å²) in [5.41, 5.74) is 7.50. The van der Waals surface area contributed by atoms with Crippen molar-refractivity contribution >= 4 is 23.3 Å². The predicted octanol–water partition coefficient (Wildman–Crippen LogP) is 1.39. The van der Waals surface area contributed by atoms with Crippen LogP contribution in [0.1, 0.15) is 16.1 Å². The monoisotopic (exact) mass is 289 g/mol. The number of nitrogens with zero attached hydrogens (tertiary/aromatic N) is 3. The molecule has 0 saturated heterocycles. The maximum absolute atomic E-state index is 12.1. The third kappa shape index (κ3) is 2.72. The molecule has 0 bridgehead atoms. The fourth-order valence-corrected chi connectivity index (χ4v) is 2.82. The molecule has 3 N–H and O–H groups in total. The number of nitrogens with one attached hydrogen (secondary N) is 1. The van der Waals surface area contributed by atoms with Gasteiger partial charge in [0.1, 0.15) is 0 Å². The number of carbonyl (C=O) groups is 1. The molecule has 2 aromatic rings. The fourth-order valence-electron chi connectivity index (χ4n) is 2.18. The number of carbonyl (C=O) groups excluding carboxylic acids is 1. The molecular weight excluding hydrogens is 274 g/mol. The van der Waals surface area contributed by atoms with Crippen molar-refractivity contribution < 1.29 is 4.79 Å². The van der Waals surface area contributed by atoms with Crippen LogP contribution >= 0.6 is 11.3 Å². The molecule has 3 heterocycles. The number of hydrogen-bond acceptors (Lipinski definition) is 5. The summed E-state index contributed by atoms with van der Waals surface area (Å²) >= 11 is 1.63. The normalized spacial score (nSPS) is 13.9. The molecule has 104 valence electrons. The summed E-state index contributed by atoms with van der Waals surface area (Å²) < 4.78 is 0. The highest BCUT2D eigenvalue weighted by Crippen LogP contribution is 2.17. The average molecular weight is 289 g/mol. The van der Waals surface area contributed by atoms with Crippen LogP contribution in [0.5, 0.6) is 0 Å². The quantitative estimate of drug-likeness (QED) is 0.875. The van der Waals surface area contributed by atoms with Gasteiger partial charge in [-0.2, -0.15) is 0 Å². The first-order chi connectivity index (χ1) is 9.72. The summed E-state index contributed by atoms with van der Waals surface area (Å²) in [6, 6.07) is 3.91. The van der Waals surface area contributed by atoms with E-state index in [9.17, 15) is 4.79 Å². The second-order valence-corrected chi connectivity index (χ2v) is 5.64. The van der Waals surface area contributed by atoms with Crippen LogP contribution in [0.15, 0.2) is 23.7 Å². The van der Waals surface area contributed by atoms with E-state index in [-0.39, 0.29) is 12.0 Å². The summed E-state index contributed by atoms with van der Waals surface area (Å²) in [6.07, 6.45) is 2.51. The van der Waals surface area contributed by atoms with Gasteiger partial charge in [0, 0.05) is 17.6 Å². The lowest BCUT2D eigenvalue weighted by Gasteiger charge is -2.28. The van der Waals surface area contributed by atoms with Crippen LogP contribution in [0.4, 0.5) is 10.7 Å². The Balaban J connectivity index is 1.62. The topological polar surface area (TPSA) is 84.1 Å². The molecule has 0 spiro atoms. The van der Waals surface area contributed by atoms with Crippen molar-refractivity contribution in [1.82, 2.24) is 20.2 Å². The molecule has 1 aliphatic rings. The molecule has 0 radical (unpaired) electrons. The number of aromatic nitrogens is 2. The van der Waals surface area contributed by atoms with E-state index in [1.165, 1.54) is 0 Å². The van der Waals surface area contributed by atoms with Crippen LogP contribution < -0.4 is 11.1 Å². The van der Waals surface area contributed by atoms with Crippen LogP contribution in [0, 0.1) is 0 Å². The molecule has 0 aromatic carbocycles. The predicted molar refractivity (Wildman–Crippen MR) is 77.1 cm³/mol. The molecule has 2 aromatic heterocycles. The van der Waals surface area contributed by atoms with Crippen molar-refractivity contribution in [2.45, 2.75) is 19.5 Å². The molecule has 0 fully saturated rings. The second-order valence-electron chi connectivity index (χ2n) is 4.61. The van der Waals surface area contributed by atoms with Gasteiger partial charge >= 0.3 is 6.03 Å². The molecular formula is C13H15N5OS. The summed E-state index contributed by atoms with van der Waals surface area (Å²) in [7, 11) is 0. The number of urea groups is 1. The molecule has 2 amide bonds. The van der Waals surface area contributed by atoms with Crippen LogP contribution in [0.25, 0.3) is 0 Å².